The molecule has 1 aromatic heterocycles. The number of likely N-dealkylation sites (tertiary alicyclic amines) is 1. The van der Waals surface area contributed by atoms with Gasteiger partial charge in [0.2, 0.25) is 5.91 Å². The van der Waals surface area contributed by atoms with Gasteiger partial charge in [-0.05, 0) is 42.5 Å². The van der Waals surface area contributed by atoms with Gasteiger partial charge in [-0.1, -0.05) is 30.3 Å². The summed E-state index contributed by atoms with van der Waals surface area (Å²) in [4.78, 5) is 31.1. The third-order valence-electron chi connectivity index (χ3n) is 4.97. The van der Waals surface area contributed by atoms with Crippen molar-refractivity contribution >= 4 is 34.5 Å². The van der Waals surface area contributed by atoms with E-state index in [2.05, 4.69) is 10.3 Å². The van der Waals surface area contributed by atoms with Crippen molar-refractivity contribution in [2.45, 2.75) is 24.3 Å². The molecule has 1 saturated heterocycles. The molecule has 6 heteroatoms. The number of carbonyl (C=O) groups is 2. The molecule has 28 heavy (non-hydrogen) atoms. The number of H-pyrrole nitrogens is 1. The van der Waals surface area contributed by atoms with Crippen molar-refractivity contribution in [3.63, 3.8) is 0 Å². The molecule has 3 aromatic rings. The summed E-state index contributed by atoms with van der Waals surface area (Å²) >= 11 is 1.44. The maximum Gasteiger partial charge on any atom is 0.252 e. The first-order valence-corrected chi connectivity index (χ1v) is 10.5. The summed E-state index contributed by atoms with van der Waals surface area (Å²) in [6, 6.07) is 17.5. The molecule has 2 N–H and O–H groups in total. The van der Waals surface area contributed by atoms with E-state index in [4.69, 9.17) is 0 Å². The van der Waals surface area contributed by atoms with Crippen molar-refractivity contribution in [2.75, 3.05) is 18.8 Å². The SMILES string of the molecule is O=C(NCc1cc2ccccc2[nH]1)c1ccccc1SCC(=O)N1CCCC1. The number of nitrogens with one attached hydrogen (secondary N) is 2. The average molecular weight is 394 g/mol. The summed E-state index contributed by atoms with van der Waals surface area (Å²) in [6.45, 7) is 2.14. The van der Waals surface area contributed by atoms with E-state index in [1.54, 1.807) is 0 Å². The van der Waals surface area contributed by atoms with Gasteiger partial charge in [-0.15, -0.1) is 11.8 Å². The first kappa shape index (κ1) is 18.6. The van der Waals surface area contributed by atoms with E-state index in [0.717, 1.165) is 47.4 Å². The lowest BCUT2D eigenvalue weighted by Crippen LogP contribution is -2.29. The van der Waals surface area contributed by atoms with E-state index >= 15 is 0 Å². The molecule has 144 valence electrons. The van der Waals surface area contributed by atoms with Gasteiger partial charge in [-0.3, -0.25) is 9.59 Å². The Morgan fingerprint density at radius 1 is 1.04 bits per heavy atom. The van der Waals surface area contributed by atoms with Gasteiger partial charge in [0.1, 0.15) is 0 Å². The van der Waals surface area contributed by atoms with Gasteiger partial charge in [0, 0.05) is 29.2 Å². The Hall–Kier alpha value is -2.73. The summed E-state index contributed by atoms with van der Waals surface area (Å²) in [7, 11) is 0. The molecule has 2 amide bonds. The topological polar surface area (TPSA) is 65.2 Å². The van der Waals surface area contributed by atoms with Crippen LogP contribution in [0.2, 0.25) is 0 Å². The minimum absolute atomic E-state index is 0.129. The molecule has 4 rings (SSSR count). The van der Waals surface area contributed by atoms with E-state index in [1.807, 2.05) is 59.5 Å². The Kier molecular flexibility index (Phi) is 5.67. The van der Waals surface area contributed by atoms with Crippen molar-refractivity contribution in [3.8, 4) is 0 Å². The lowest BCUT2D eigenvalue weighted by molar-refractivity contribution is -0.127. The second-order valence-corrected chi connectivity index (χ2v) is 7.95. The molecule has 1 fully saturated rings. The number of aromatic amines is 1. The Labute approximate surface area is 168 Å². The van der Waals surface area contributed by atoms with Gasteiger partial charge in [-0.25, -0.2) is 0 Å². The number of nitrogens with zero attached hydrogens (tertiary/aromatic N) is 1. The fourth-order valence-corrected chi connectivity index (χ4v) is 4.43. The number of para-hydroxylation sites is 1. The van der Waals surface area contributed by atoms with E-state index in [1.165, 1.54) is 11.8 Å². The lowest BCUT2D eigenvalue weighted by Gasteiger charge is -2.15. The van der Waals surface area contributed by atoms with Crippen LogP contribution in [0.15, 0.2) is 59.5 Å². The molecule has 0 atom stereocenters. The normalized spacial score (nSPS) is 13.8. The van der Waals surface area contributed by atoms with Crippen LogP contribution in [0.1, 0.15) is 28.9 Å². The van der Waals surface area contributed by atoms with Crippen LogP contribution < -0.4 is 5.32 Å². The summed E-state index contributed by atoms with van der Waals surface area (Å²) in [5, 5.41) is 4.11. The van der Waals surface area contributed by atoms with Crippen LogP contribution in [0.3, 0.4) is 0 Å². The maximum absolute atomic E-state index is 12.7. The standard InChI is InChI=1S/C22H23N3O2S/c26-21(25-11-5-6-12-25)15-28-20-10-4-2-8-18(20)22(27)23-14-17-13-16-7-1-3-9-19(16)24-17/h1-4,7-10,13,24H,5-6,11-12,14-15H2,(H,23,27). The molecule has 2 heterocycles. The molecule has 1 aliphatic heterocycles. The summed E-state index contributed by atoms with van der Waals surface area (Å²) in [5.41, 5.74) is 2.63. The quantitative estimate of drug-likeness (QED) is 0.626. The second-order valence-electron chi connectivity index (χ2n) is 6.94. The number of amides is 2. The summed E-state index contributed by atoms with van der Waals surface area (Å²) < 4.78 is 0. The number of hydrogen-bond acceptors (Lipinski definition) is 3. The highest BCUT2D eigenvalue weighted by molar-refractivity contribution is 8.00. The van der Waals surface area contributed by atoms with Gasteiger partial charge in [0.05, 0.1) is 17.9 Å². The largest absolute Gasteiger partial charge is 0.357 e. The number of fused-ring (bicyclic) bond motifs is 1. The van der Waals surface area contributed by atoms with Gasteiger partial charge < -0.3 is 15.2 Å². The number of rotatable bonds is 6. The van der Waals surface area contributed by atoms with Gasteiger partial charge in [-0.2, -0.15) is 0 Å². The minimum atomic E-state index is -0.129. The van der Waals surface area contributed by atoms with E-state index in [9.17, 15) is 9.59 Å². The maximum atomic E-state index is 12.7. The van der Waals surface area contributed by atoms with Crippen LogP contribution in [-0.2, 0) is 11.3 Å². The molecule has 0 bridgehead atoms. The van der Waals surface area contributed by atoms with E-state index < -0.39 is 0 Å². The molecule has 0 spiro atoms. The first-order valence-electron chi connectivity index (χ1n) is 9.55. The molecular weight excluding hydrogens is 370 g/mol. The summed E-state index contributed by atoms with van der Waals surface area (Å²) in [5.74, 6) is 0.387. The van der Waals surface area contributed by atoms with Crippen molar-refractivity contribution in [1.29, 1.82) is 0 Å². The smallest absolute Gasteiger partial charge is 0.252 e. The van der Waals surface area contributed by atoms with Crippen LogP contribution in [0, 0.1) is 0 Å². The minimum Gasteiger partial charge on any atom is -0.357 e. The predicted octanol–water partition coefficient (Wildman–Crippen LogP) is 3.81. The molecular formula is C22H23N3O2S. The summed E-state index contributed by atoms with van der Waals surface area (Å²) in [6.07, 6.45) is 2.17. The van der Waals surface area contributed by atoms with Crippen LogP contribution >= 0.6 is 11.8 Å². The lowest BCUT2D eigenvalue weighted by atomic mass is 10.2. The third kappa shape index (κ3) is 4.22. The van der Waals surface area contributed by atoms with Crippen LogP contribution in [-0.4, -0.2) is 40.5 Å². The molecule has 5 nitrogen and oxygen atoms in total. The molecule has 0 saturated carbocycles. The van der Waals surface area contributed by atoms with Crippen molar-refractivity contribution in [3.05, 3.63) is 65.9 Å². The van der Waals surface area contributed by atoms with Crippen molar-refractivity contribution in [2.24, 2.45) is 0 Å². The van der Waals surface area contributed by atoms with Gasteiger partial charge in [0.15, 0.2) is 0 Å². The molecule has 1 aliphatic rings. The molecule has 2 aromatic carbocycles. The molecule has 0 unspecified atom stereocenters. The number of thioether (sulfide) groups is 1. The van der Waals surface area contributed by atoms with Crippen molar-refractivity contribution in [1.82, 2.24) is 15.2 Å². The highest BCUT2D eigenvalue weighted by atomic mass is 32.2. The van der Waals surface area contributed by atoms with Crippen LogP contribution in [0.4, 0.5) is 0 Å². The predicted molar refractivity (Wildman–Crippen MR) is 112 cm³/mol. The number of hydrogen-bond donors (Lipinski definition) is 2. The zero-order valence-corrected chi connectivity index (χ0v) is 16.4. The highest BCUT2D eigenvalue weighted by Gasteiger charge is 2.19. The van der Waals surface area contributed by atoms with Crippen LogP contribution in [0.5, 0.6) is 0 Å². The van der Waals surface area contributed by atoms with Crippen LogP contribution in [0.25, 0.3) is 10.9 Å². The zero-order valence-electron chi connectivity index (χ0n) is 15.6. The average Bonchev–Trinajstić information content (AvgIpc) is 3.40. The van der Waals surface area contributed by atoms with E-state index in [0.29, 0.717) is 17.9 Å². The Bertz CT molecular complexity index is 959. The van der Waals surface area contributed by atoms with Crippen molar-refractivity contribution < 1.29 is 9.59 Å². The molecule has 0 radical (unpaired) electrons. The third-order valence-corrected chi connectivity index (χ3v) is 6.03. The second kappa shape index (κ2) is 8.52. The van der Waals surface area contributed by atoms with E-state index in [-0.39, 0.29) is 11.8 Å². The molecule has 0 aliphatic carbocycles. The first-order chi connectivity index (χ1) is 13.7. The van der Waals surface area contributed by atoms with Gasteiger partial charge in [0.25, 0.3) is 5.91 Å². The van der Waals surface area contributed by atoms with Gasteiger partial charge >= 0.3 is 0 Å². The number of benzene rings is 2. The number of carbonyl (C=O) groups excluding carboxylic acids is 2. The fraction of sp³-hybridized carbons (Fsp3) is 0.273. The Balaban J connectivity index is 1.39. The monoisotopic (exact) mass is 393 g/mol. The highest BCUT2D eigenvalue weighted by Crippen LogP contribution is 2.24. The Morgan fingerprint density at radius 2 is 1.79 bits per heavy atom. The number of aromatic nitrogens is 1. The zero-order chi connectivity index (χ0) is 19.3. The fourth-order valence-electron chi connectivity index (χ4n) is 3.48. The Morgan fingerprint density at radius 3 is 2.61 bits per heavy atom.